The number of amides is 1. The van der Waals surface area contributed by atoms with Gasteiger partial charge in [-0.1, -0.05) is 431 Å². The van der Waals surface area contributed by atoms with Gasteiger partial charge in [0.25, 0.3) is 0 Å². The van der Waals surface area contributed by atoms with Gasteiger partial charge in [0.2, 0.25) is 5.91 Å². The predicted octanol–water partition coefficient (Wildman–Crippen LogP) is 27.4. The van der Waals surface area contributed by atoms with Gasteiger partial charge >= 0.3 is 5.97 Å². The second-order valence-corrected chi connectivity index (χ2v) is 28.8. The Kier molecular flexibility index (Phi) is 77.8. The Balaban J connectivity index is 3.30. The number of aliphatic hydroxyl groups is 2. The topological polar surface area (TPSA) is 95.9 Å². The molecule has 3 N–H and O–H groups in total. The summed E-state index contributed by atoms with van der Waals surface area (Å²) in [5.41, 5.74) is 0. The van der Waals surface area contributed by atoms with E-state index < -0.39 is 12.1 Å². The molecule has 530 valence electrons. The molecule has 0 aliphatic carbocycles. The quantitative estimate of drug-likeness (QED) is 0.0320. The largest absolute Gasteiger partial charge is 0.466 e. The van der Waals surface area contributed by atoms with Gasteiger partial charge in [-0.15, -0.1) is 0 Å². The first-order valence-electron chi connectivity index (χ1n) is 41.4. The van der Waals surface area contributed by atoms with E-state index in [4.69, 9.17) is 4.74 Å². The Labute approximate surface area is 559 Å². The average molecular weight is 1260 g/mol. The van der Waals surface area contributed by atoms with Crippen LogP contribution in [0.4, 0.5) is 0 Å². The van der Waals surface area contributed by atoms with E-state index in [0.29, 0.717) is 25.9 Å². The number of hydrogen-bond acceptors (Lipinski definition) is 5. The molecule has 0 aliphatic heterocycles. The third-order valence-corrected chi connectivity index (χ3v) is 19.8. The van der Waals surface area contributed by atoms with Crippen LogP contribution in [0.25, 0.3) is 0 Å². The number of nitrogens with one attached hydrogen (secondary N) is 1. The maximum absolute atomic E-state index is 12.5. The second kappa shape index (κ2) is 79.0. The Morgan fingerprint density at radius 2 is 0.528 bits per heavy atom. The van der Waals surface area contributed by atoms with Crippen LogP contribution in [-0.4, -0.2) is 47.4 Å². The summed E-state index contributed by atoms with van der Waals surface area (Å²) in [6.45, 7) is 5.02. The lowest BCUT2D eigenvalue weighted by atomic mass is 10.0. The molecule has 0 radical (unpaired) electrons. The van der Waals surface area contributed by atoms with Gasteiger partial charge in [-0.05, 0) is 51.4 Å². The highest BCUT2D eigenvalue weighted by atomic mass is 16.5. The molecule has 6 heteroatoms. The summed E-state index contributed by atoms with van der Waals surface area (Å²) in [4.78, 5) is 24.6. The number of rotatable bonds is 79. The summed E-state index contributed by atoms with van der Waals surface area (Å²) < 4.78 is 5.51. The Bertz CT molecular complexity index is 1350. The number of esters is 1. The van der Waals surface area contributed by atoms with Crippen LogP contribution >= 0.6 is 0 Å². The zero-order chi connectivity index (χ0) is 64.2. The molecule has 0 spiro atoms. The molecule has 0 rings (SSSR count). The molecule has 0 saturated heterocycles. The smallest absolute Gasteiger partial charge is 0.305 e. The van der Waals surface area contributed by atoms with Crippen molar-refractivity contribution in [1.29, 1.82) is 0 Å². The molecule has 0 aromatic heterocycles. The molecule has 2 unspecified atom stereocenters. The number of carbonyl (C=O) groups is 2. The van der Waals surface area contributed by atoms with Crippen molar-refractivity contribution >= 4 is 11.9 Å². The lowest BCUT2D eigenvalue weighted by Gasteiger charge is -2.22. The standard InChI is InChI=1S/C83H163NO5/c1-3-5-7-9-11-13-15-17-19-44-47-51-55-59-63-67-71-75-81(86)80(79-85)84-82(87)76-72-68-64-60-56-52-48-45-42-40-38-36-34-32-30-28-26-24-22-21-23-25-27-29-31-33-35-37-39-41-43-46-50-54-58-62-66-70-74-78-89-83(88)77-73-69-65-61-57-53-49-20-18-16-14-12-10-8-6-4-2/h21-22,80-81,85-86H,3-20,23-79H2,1-2H3,(H,84,87)/b22-21-. The maximum atomic E-state index is 12.5. The first-order chi connectivity index (χ1) is 44.0. The summed E-state index contributed by atoms with van der Waals surface area (Å²) in [6, 6.07) is -0.538. The van der Waals surface area contributed by atoms with Crippen LogP contribution < -0.4 is 5.32 Å². The lowest BCUT2D eigenvalue weighted by Crippen LogP contribution is -2.45. The van der Waals surface area contributed by atoms with Crippen LogP contribution in [0.3, 0.4) is 0 Å². The van der Waals surface area contributed by atoms with Crippen molar-refractivity contribution in [2.24, 2.45) is 0 Å². The van der Waals surface area contributed by atoms with Crippen LogP contribution in [0.2, 0.25) is 0 Å². The van der Waals surface area contributed by atoms with Gasteiger partial charge in [0, 0.05) is 12.8 Å². The van der Waals surface area contributed by atoms with Gasteiger partial charge in [-0.25, -0.2) is 0 Å². The van der Waals surface area contributed by atoms with Crippen molar-refractivity contribution in [2.75, 3.05) is 13.2 Å². The molecule has 0 aromatic rings. The van der Waals surface area contributed by atoms with Crippen molar-refractivity contribution in [1.82, 2.24) is 5.32 Å². The van der Waals surface area contributed by atoms with Crippen molar-refractivity contribution in [3.05, 3.63) is 12.2 Å². The zero-order valence-electron chi connectivity index (χ0n) is 61.0. The first-order valence-corrected chi connectivity index (χ1v) is 41.4. The normalized spacial score (nSPS) is 12.4. The number of carbonyl (C=O) groups excluding carboxylic acids is 2. The van der Waals surface area contributed by atoms with Gasteiger partial charge in [0.1, 0.15) is 0 Å². The highest BCUT2D eigenvalue weighted by Gasteiger charge is 2.20. The van der Waals surface area contributed by atoms with Gasteiger partial charge in [0.05, 0.1) is 25.4 Å². The molecule has 0 fully saturated rings. The van der Waals surface area contributed by atoms with E-state index in [0.717, 1.165) is 38.5 Å². The lowest BCUT2D eigenvalue weighted by molar-refractivity contribution is -0.143. The van der Waals surface area contributed by atoms with Crippen LogP contribution in [0, 0.1) is 0 Å². The predicted molar refractivity (Wildman–Crippen MR) is 394 cm³/mol. The van der Waals surface area contributed by atoms with Gasteiger partial charge in [-0.2, -0.15) is 0 Å². The minimum atomic E-state index is -0.661. The molecule has 2 atom stereocenters. The van der Waals surface area contributed by atoms with E-state index in [9.17, 15) is 19.8 Å². The summed E-state index contributed by atoms with van der Waals surface area (Å²) in [7, 11) is 0. The summed E-state index contributed by atoms with van der Waals surface area (Å²) >= 11 is 0. The monoisotopic (exact) mass is 1250 g/mol. The fourth-order valence-corrected chi connectivity index (χ4v) is 13.5. The highest BCUT2D eigenvalue weighted by molar-refractivity contribution is 5.76. The van der Waals surface area contributed by atoms with E-state index in [-0.39, 0.29) is 18.5 Å². The van der Waals surface area contributed by atoms with Crippen LogP contribution in [-0.2, 0) is 14.3 Å². The minimum absolute atomic E-state index is 0.0258. The number of allylic oxidation sites excluding steroid dienone is 2. The molecule has 0 heterocycles. The zero-order valence-corrected chi connectivity index (χ0v) is 61.0. The van der Waals surface area contributed by atoms with Crippen molar-refractivity contribution < 1.29 is 24.5 Å². The van der Waals surface area contributed by atoms with Gasteiger partial charge in [0.15, 0.2) is 0 Å². The molecule has 0 bridgehead atoms. The van der Waals surface area contributed by atoms with Crippen LogP contribution in [0.1, 0.15) is 483 Å². The van der Waals surface area contributed by atoms with E-state index in [1.807, 2.05) is 0 Å². The number of ether oxygens (including phenoxy) is 1. The molecule has 89 heavy (non-hydrogen) atoms. The van der Waals surface area contributed by atoms with Crippen molar-refractivity contribution in [3.63, 3.8) is 0 Å². The van der Waals surface area contributed by atoms with Crippen LogP contribution in [0.15, 0.2) is 12.2 Å². The number of hydrogen-bond donors (Lipinski definition) is 3. The Morgan fingerprint density at radius 1 is 0.303 bits per heavy atom. The first kappa shape index (κ1) is 87.6. The molecule has 0 saturated carbocycles. The number of aliphatic hydroxyl groups excluding tert-OH is 2. The highest BCUT2D eigenvalue weighted by Crippen LogP contribution is 2.21. The molecule has 0 aliphatic rings. The molecular weight excluding hydrogens is 1090 g/mol. The van der Waals surface area contributed by atoms with Crippen molar-refractivity contribution in [2.45, 2.75) is 495 Å². The fraction of sp³-hybridized carbons (Fsp3) is 0.952. The SMILES string of the molecule is CCCCCCCCCCCCCCCCCCCC(O)C(CO)NC(=O)CCCCCCCCCCCCCCCCCCC/C=C\CCCCCCCCCCCCCCCCCCCCOC(=O)CCCCCCCCCCCCCCCCCC. The Morgan fingerprint density at radius 3 is 0.798 bits per heavy atom. The van der Waals surface area contributed by atoms with E-state index in [1.54, 1.807) is 0 Å². The Hall–Kier alpha value is -1.40. The summed E-state index contributed by atoms with van der Waals surface area (Å²) in [5, 5.41) is 23.4. The summed E-state index contributed by atoms with van der Waals surface area (Å²) in [5.74, 6) is 0.00140. The van der Waals surface area contributed by atoms with E-state index >= 15 is 0 Å². The third-order valence-electron chi connectivity index (χ3n) is 19.8. The van der Waals surface area contributed by atoms with Gasteiger partial charge in [-0.3, -0.25) is 9.59 Å². The van der Waals surface area contributed by atoms with E-state index in [1.165, 1.54) is 411 Å². The fourth-order valence-electron chi connectivity index (χ4n) is 13.5. The van der Waals surface area contributed by atoms with E-state index in [2.05, 4.69) is 31.3 Å². The minimum Gasteiger partial charge on any atom is -0.466 e. The second-order valence-electron chi connectivity index (χ2n) is 28.8. The summed E-state index contributed by atoms with van der Waals surface area (Å²) in [6.07, 6.45) is 100. The molecule has 6 nitrogen and oxygen atoms in total. The van der Waals surface area contributed by atoms with Crippen molar-refractivity contribution in [3.8, 4) is 0 Å². The molecule has 0 aromatic carbocycles. The average Bonchev–Trinajstić information content (AvgIpc) is 3.62. The number of unbranched alkanes of at least 4 members (excludes halogenated alkanes) is 66. The van der Waals surface area contributed by atoms with Crippen LogP contribution in [0.5, 0.6) is 0 Å². The maximum Gasteiger partial charge on any atom is 0.305 e. The third kappa shape index (κ3) is 75.5. The molecular formula is C83H163NO5. The molecule has 1 amide bonds. The van der Waals surface area contributed by atoms with Gasteiger partial charge < -0.3 is 20.3 Å².